The summed E-state index contributed by atoms with van der Waals surface area (Å²) in [6.07, 6.45) is 0. The lowest BCUT2D eigenvalue weighted by molar-refractivity contribution is -0.577. The summed E-state index contributed by atoms with van der Waals surface area (Å²) in [7, 11) is 0. The summed E-state index contributed by atoms with van der Waals surface area (Å²) in [6.45, 7) is 0. The molecule has 4 nitrogen and oxygen atoms in total. The zero-order chi connectivity index (χ0) is 6.78. The highest BCUT2D eigenvalue weighted by molar-refractivity contribution is 9.12. The van der Waals surface area contributed by atoms with Crippen LogP contribution in [0.2, 0.25) is 0 Å². The quantitative estimate of drug-likeness (QED) is 0.257. The van der Waals surface area contributed by atoms with E-state index >= 15 is 0 Å². The molecule has 0 radical (unpaired) electrons. The first-order valence-corrected chi connectivity index (χ1v) is 3.54. The van der Waals surface area contributed by atoms with Crippen LogP contribution in [0.1, 0.15) is 0 Å². The van der Waals surface area contributed by atoms with Crippen molar-refractivity contribution < 1.29 is 10.0 Å². The number of hydrogen-bond acceptors (Lipinski definition) is 3. The molecule has 0 spiro atoms. The molecule has 1 atom stereocenters. The van der Waals surface area contributed by atoms with Crippen molar-refractivity contribution in [2.75, 3.05) is 5.33 Å². The second-order valence-electron chi connectivity index (χ2n) is 1.11. The molecular weight excluding hydrogens is 246 g/mol. The maximum absolute atomic E-state index is 9.73. The van der Waals surface area contributed by atoms with E-state index in [0.717, 1.165) is 0 Å². The molecule has 0 aromatic heterocycles. The van der Waals surface area contributed by atoms with Crippen LogP contribution >= 0.6 is 31.9 Å². The Balaban J connectivity index is 3.91. The van der Waals surface area contributed by atoms with E-state index in [0.29, 0.717) is 0 Å². The minimum Gasteiger partial charge on any atom is -0.321 e. The van der Waals surface area contributed by atoms with Gasteiger partial charge in [0.2, 0.25) is 0 Å². The first-order valence-electron chi connectivity index (χ1n) is 1.62. The molecule has 6 heteroatoms. The molecule has 0 saturated carbocycles. The van der Waals surface area contributed by atoms with Gasteiger partial charge in [0.25, 0.3) is 0 Å². The topological polar surface area (TPSA) is 63.4 Å². The van der Waals surface area contributed by atoms with E-state index in [1.165, 1.54) is 0 Å². The first-order chi connectivity index (χ1) is 3.50. The molecule has 1 unspecified atom stereocenters. The molecule has 1 N–H and O–H groups in total. The van der Waals surface area contributed by atoms with Crippen molar-refractivity contribution in [1.82, 2.24) is 0 Å². The summed E-state index contributed by atoms with van der Waals surface area (Å²) in [4.78, 5) is 8.90. The number of rotatable bonds is 2. The summed E-state index contributed by atoms with van der Waals surface area (Å²) in [5, 5.41) is 18.2. The van der Waals surface area contributed by atoms with Crippen LogP contribution < -0.4 is 0 Å². The van der Waals surface area contributed by atoms with E-state index in [1.807, 2.05) is 0 Å². The van der Waals surface area contributed by atoms with Crippen molar-refractivity contribution in [1.29, 1.82) is 0 Å². The third-order valence-corrected chi connectivity index (χ3v) is 2.55. The summed E-state index contributed by atoms with van der Waals surface area (Å²) in [6, 6.07) is 0. The van der Waals surface area contributed by atoms with Crippen molar-refractivity contribution in [2.24, 2.45) is 0 Å². The van der Waals surface area contributed by atoms with Gasteiger partial charge in [0.05, 0.1) is 4.92 Å². The predicted octanol–water partition coefficient (Wildman–Crippen LogP) is 0.699. The van der Waals surface area contributed by atoms with Crippen molar-refractivity contribution >= 4 is 31.9 Å². The number of alkyl halides is 2. The fourth-order valence-electron chi connectivity index (χ4n) is 0.0488. The lowest BCUT2D eigenvalue weighted by Gasteiger charge is -2.05. The fourth-order valence-corrected chi connectivity index (χ4v) is 0.254. The molecule has 0 rings (SSSR count). The second-order valence-corrected chi connectivity index (χ2v) is 2.94. The summed E-state index contributed by atoms with van der Waals surface area (Å²) < 4.78 is -2.01. The van der Waals surface area contributed by atoms with Gasteiger partial charge in [-0.05, 0) is 0 Å². The van der Waals surface area contributed by atoms with Gasteiger partial charge in [0, 0.05) is 15.9 Å². The van der Waals surface area contributed by atoms with Crippen LogP contribution in [0.3, 0.4) is 0 Å². The molecule has 0 amide bonds. The Hall–Kier alpha value is 0.320. The summed E-state index contributed by atoms with van der Waals surface area (Å²) in [5.74, 6) is 0. The Morgan fingerprint density at radius 2 is 2.25 bits per heavy atom. The number of aliphatic hydroxyl groups is 1. The molecule has 0 aliphatic carbocycles. The molecular formula is C2H3Br2NO3. The SMILES string of the molecule is O=[N+]([O-])C(O)(Br)CBr. The third-order valence-electron chi connectivity index (χ3n) is 0.450. The Kier molecular flexibility index (Phi) is 2.86. The van der Waals surface area contributed by atoms with E-state index in [-0.39, 0.29) is 5.33 Å². The number of halogens is 2. The minimum absolute atomic E-state index is 0.132. The maximum Gasteiger partial charge on any atom is 0.387 e. The van der Waals surface area contributed by atoms with E-state index < -0.39 is 9.56 Å². The molecule has 0 fully saturated rings. The van der Waals surface area contributed by atoms with Crippen LogP contribution in [-0.4, -0.2) is 20.0 Å². The zero-order valence-electron chi connectivity index (χ0n) is 3.67. The zero-order valence-corrected chi connectivity index (χ0v) is 6.85. The third kappa shape index (κ3) is 2.06. The number of nitro groups is 1. The van der Waals surface area contributed by atoms with E-state index in [9.17, 15) is 10.1 Å². The van der Waals surface area contributed by atoms with Gasteiger partial charge >= 0.3 is 4.63 Å². The molecule has 0 saturated heterocycles. The van der Waals surface area contributed by atoms with Gasteiger partial charge in [-0.3, -0.25) is 10.1 Å². The fraction of sp³-hybridized carbons (Fsp3) is 1.00. The average molecular weight is 249 g/mol. The molecule has 0 bridgehead atoms. The second kappa shape index (κ2) is 2.75. The highest BCUT2D eigenvalue weighted by Gasteiger charge is 2.34. The molecule has 0 heterocycles. The highest BCUT2D eigenvalue weighted by atomic mass is 79.9. The van der Waals surface area contributed by atoms with Crippen LogP contribution in [-0.2, 0) is 0 Å². The Morgan fingerprint density at radius 3 is 2.25 bits per heavy atom. The van der Waals surface area contributed by atoms with Crippen LogP contribution in [0.4, 0.5) is 0 Å². The van der Waals surface area contributed by atoms with Gasteiger partial charge in [-0.15, -0.1) is 0 Å². The van der Waals surface area contributed by atoms with Crippen LogP contribution in [0.15, 0.2) is 0 Å². The lowest BCUT2D eigenvalue weighted by Crippen LogP contribution is -2.32. The van der Waals surface area contributed by atoms with Crippen molar-refractivity contribution in [3.8, 4) is 0 Å². The van der Waals surface area contributed by atoms with Gasteiger partial charge in [-0.2, -0.15) is 0 Å². The molecule has 48 valence electrons. The van der Waals surface area contributed by atoms with Crippen molar-refractivity contribution in [2.45, 2.75) is 4.63 Å². The van der Waals surface area contributed by atoms with Crippen LogP contribution in [0, 0.1) is 10.1 Å². The molecule has 8 heavy (non-hydrogen) atoms. The summed E-state index contributed by atoms with van der Waals surface area (Å²) >= 11 is 5.19. The minimum atomic E-state index is -2.01. The Bertz CT molecular complexity index is 103. The first kappa shape index (κ1) is 8.32. The highest BCUT2D eigenvalue weighted by Crippen LogP contribution is 2.16. The van der Waals surface area contributed by atoms with Crippen molar-refractivity contribution in [3.05, 3.63) is 10.1 Å². The lowest BCUT2D eigenvalue weighted by atomic mass is 10.7. The van der Waals surface area contributed by atoms with E-state index in [4.69, 9.17) is 5.11 Å². The van der Waals surface area contributed by atoms with Gasteiger partial charge in [-0.25, -0.2) is 0 Å². The van der Waals surface area contributed by atoms with Gasteiger partial charge in [0.15, 0.2) is 0 Å². The normalized spacial score (nSPS) is 17.4. The average Bonchev–Trinajstić information content (AvgIpc) is 1.67. The Labute approximate surface area is 62.3 Å². The van der Waals surface area contributed by atoms with Crippen molar-refractivity contribution in [3.63, 3.8) is 0 Å². The molecule has 0 aromatic carbocycles. The smallest absolute Gasteiger partial charge is 0.321 e. The van der Waals surface area contributed by atoms with Gasteiger partial charge in [-0.1, -0.05) is 15.9 Å². The number of nitrogens with zero attached hydrogens (tertiary/aromatic N) is 1. The van der Waals surface area contributed by atoms with E-state index in [1.54, 1.807) is 0 Å². The van der Waals surface area contributed by atoms with E-state index in [2.05, 4.69) is 31.9 Å². The van der Waals surface area contributed by atoms with Crippen LogP contribution in [0.5, 0.6) is 0 Å². The standard InChI is InChI=1S/C2H3Br2NO3/c3-1-2(4,6)5(7)8/h6H,1H2. The molecule has 0 aromatic rings. The van der Waals surface area contributed by atoms with Crippen LogP contribution in [0.25, 0.3) is 0 Å². The predicted molar refractivity (Wildman–Crippen MR) is 34.7 cm³/mol. The summed E-state index contributed by atoms with van der Waals surface area (Å²) in [5.41, 5.74) is 0. The maximum atomic E-state index is 9.73. The van der Waals surface area contributed by atoms with Gasteiger partial charge in [0.1, 0.15) is 5.33 Å². The monoisotopic (exact) mass is 247 g/mol. The van der Waals surface area contributed by atoms with Gasteiger partial charge < -0.3 is 5.11 Å². The molecule has 0 aliphatic rings. The Morgan fingerprint density at radius 1 is 1.88 bits per heavy atom. The molecule has 0 aliphatic heterocycles. The number of hydrogen-bond donors (Lipinski definition) is 1. The largest absolute Gasteiger partial charge is 0.387 e.